The number of carbonyl (C=O) groups excluding carboxylic acids is 3. The minimum absolute atomic E-state index is 0.103. The maximum atomic E-state index is 12.8. The molecule has 0 amide bonds. The average molecular weight is 875 g/mol. The Kier molecular flexibility index (Phi) is 48.0. The number of ether oxygens (including phenoxy) is 3. The van der Waals surface area contributed by atoms with Gasteiger partial charge in [-0.1, -0.05) is 221 Å². The van der Waals surface area contributed by atoms with Crippen LogP contribution in [-0.4, -0.2) is 37.2 Å². The van der Waals surface area contributed by atoms with Gasteiger partial charge in [0.05, 0.1) is 0 Å². The lowest BCUT2D eigenvalue weighted by Gasteiger charge is -2.18. The van der Waals surface area contributed by atoms with E-state index < -0.39 is 6.10 Å². The van der Waals surface area contributed by atoms with E-state index >= 15 is 0 Å². The van der Waals surface area contributed by atoms with Crippen LogP contribution in [0.2, 0.25) is 0 Å². The fourth-order valence-electron chi connectivity index (χ4n) is 6.80. The van der Waals surface area contributed by atoms with Gasteiger partial charge in [-0.25, -0.2) is 0 Å². The van der Waals surface area contributed by atoms with Crippen molar-refractivity contribution in [3.05, 3.63) is 97.2 Å². The molecule has 0 radical (unpaired) electrons. The molecule has 0 saturated heterocycles. The first-order valence-corrected chi connectivity index (χ1v) is 25.7. The zero-order valence-electron chi connectivity index (χ0n) is 40.8. The number of carbonyl (C=O) groups is 3. The summed E-state index contributed by atoms with van der Waals surface area (Å²) in [7, 11) is 0. The Labute approximate surface area is 387 Å². The zero-order valence-corrected chi connectivity index (χ0v) is 40.8. The number of hydrogen-bond acceptors (Lipinski definition) is 6. The van der Waals surface area contributed by atoms with E-state index in [4.69, 9.17) is 14.2 Å². The van der Waals surface area contributed by atoms with Crippen molar-refractivity contribution in [3.63, 3.8) is 0 Å². The molecule has 0 aliphatic carbocycles. The second-order valence-corrected chi connectivity index (χ2v) is 16.7. The van der Waals surface area contributed by atoms with E-state index in [0.717, 1.165) is 96.3 Å². The van der Waals surface area contributed by atoms with Crippen LogP contribution in [0.3, 0.4) is 0 Å². The Hall–Kier alpha value is -3.67. The van der Waals surface area contributed by atoms with Crippen molar-refractivity contribution < 1.29 is 28.6 Å². The minimum atomic E-state index is -0.810. The summed E-state index contributed by atoms with van der Waals surface area (Å²) in [6.07, 6.45) is 66.9. The monoisotopic (exact) mass is 875 g/mol. The highest BCUT2D eigenvalue weighted by molar-refractivity contribution is 5.71. The minimum Gasteiger partial charge on any atom is -0.462 e. The van der Waals surface area contributed by atoms with Crippen molar-refractivity contribution in [1.29, 1.82) is 0 Å². The Morgan fingerprint density at radius 3 is 1.06 bits per heavy atom. The van der Waals surface area contributed by atoms with E-state index in [1.165, 1.54) is 83.5 Å². The van der Waals surface area contributed by atoms with Crippen molar-refractivity contribution >= 4 is 17.9 Å². The summed E-state index contributed by atoms with van der Waals surface area (Å²) in [5, 5.41) is 0. The summed E-state index contributed by atoms with van der Waals surface area (Å²) < 4.78 is 16.7. The van der Waals surface area contributed by atoms with Gasteiger partial charge in [-0.05, 0) is 83.5 Å². The standard InChI is InChI=1S/C57H94O6/c1-4-7-10-13-16-19-22-25-27-28-29-30-31-33-35-38-41-44-47-50-56(59)62-53-54(52-61-55(58)49-46-43-40-37-34-24-21-18-15-12-9-6-3)63-57(60)51-48-45-42-39-36-32-26-23-20-17-14-11-8-5-2/h7-8,10-11,16-17,19-20,25,27,29-30,33,35,41,44,54H,4-6,9,12-15,18,21-24,26,28,31-32,34,36-40,42-43,45-53H2,1-3H3/b10-7-,11-8-,19-16-,20-17-,27-25-,30-29-,35-33-,44-41-. The van der Waals surface area contributed by atoms with E-state index in [1.54, 1.807) is 0 Å². The molecule has 0 aliphatic heterocycles. The highest BCUT2D eigenvalue weighted by Gasteiger charge is 2.19. The molecule has 1 atom stereocenters. The summed E-state index contributed by atoms with van der Waals surface area (Å²) >= 11 is 0. The van der Waals surface area contributed by atoms with Crippen LogP contribution in [0, 0.1) is 0 Å². The molecule has 63 heavy (non-hydrogen) atoms. The van der Waals surface area contributed by atoms with Crippen molar-refractivity contribution in [3.8, 4) is 0 Å². The van der Waals surface area contributed by atoms with Gasteiger partial charge >= 0.3 is 17.9 Å². The van der Waals surface area contributed by atoms with Gasteiger partial charge in [0.25, 0.3) is 0 Å². The molecule has 0 aromatic rings. The molecule has 0 aliphatic rings. The van der Waals surface area contributed by atoms with Gasteiger partial charge < -0.3 is 14.2 Å². The number of unbranched alkanes of at least 4 members (excludes halogenated alkanes) is 18. The topological polar surface area (TPSA) is 78.9 Å². The van der Waals surface area contributed by atoms with Gasteiger partial charge in [-0.3, -0.25) is 14.4 Å². The molecule has 6 heteroatoms. The first-order valence-electron chi connectivity index (χ1n) is 25.7. The molecular weight excluding hydrogens is 781 g/mol. The normalized spacial score (nSPS) is 12.9. The van der Waals surface area contributed by atoms with E-state index in [9.17, 15) is 14.4 Å². The molecule has 0 rings (SSSR count). The molecule has 0 aromatic carbocycles. The van der Waals surface area contributed by atoms with Crippen LogP contribution in [0.1, 0.15) is 226 Å². The third kappa shape index (κ3) is 49.2. The van der Waals surface area contributed by atoms with Crippen LogP contribution in [0.15, 0.2) is 97.2 Å². The van der Waals surface area contributed by atoms with Gasteiger partial charge in [0.15, 0.2) is 6.10 Å². The van der Waals surface area contributed by atoms with Crippen molar-refractivity contribution in [1.82, 2.24) is 0 Å². The molecule has 0 spiro atoms. The molecule has 6 nitrogen and oxygen atoms in total. The predicted octanol–water partition coefficient (Wildman–Crippen LogP) is 17.0. The summed E-state index contributed by atoms with van der Waals surface area (Å²) in [4.78, 5) is 37.9. The molecule has 0 heterocycles. The van der Waals surface area contributed by atoms with Crippen LogP contribution in [0.5, 0.6) is 0 Å². The van der Waals surface area contributed by atoms with Crippen LogP contribution in [-0.2, 0) is 28.6 Å². The first kappa shape index (κ1) is 59.3. The van der Waals surface area contributed by atoms with Crippen LogP contribution < -0.4 is 0 Å². The Bertz CT molecular complexity index is 1280. The average Bonchev–Trinajstić information content (AvgIpc) is 3.28. The van der Waals surface area contributed by atoms with Gasteiger partial charge in [-0.15, -0.1) is 0 Å². The largest absolute Gasteiger partial charge is 0.462 e. The first-order chi connectivity index (χ1) is 31.0. The lowest BCUT2D eigenvalue weighted by atomic mass is 10.0. The lowest BCUT2D eigenvalue weighted by molar-refractivity contribution is -0.166. The Balaban J connectivity index is 4.50. The highest BCUT2D eigenvalue weighted by Crippen LogP contribution is 2.14. The Morgan fingerprint density at radius 2 is 0.651 bits per heavy atom. The van der Waals surface area contributed by atoms with Crippen LogP contribution >= 0.6 is 0 Å². The van der Waals surface area contributed by atoms with Gasteiger partial charge in [0.1, 0.15) is 13.2 Å². The zero-order chi connectivity index (χ0) is 45.8. The molecule has 0 saturated carbocycles. The maximum absolute atomic E-state index is 12.8. The number of esters is 3. The molecule has 0 bridgehead atoms. The SMILES string of the molecule is CC/C=C\C/C=C\C/C=C\C/C=C\C/C=C\C/C=C\CCC(=O)OCC(COC(=O)CCCCCCCCCCCCCC)OC(=O)CCCCCCCCC/C=C\C/C=C\CC. The molecule has 0 fully saturated rings. The van der Waals surface area contributed by atoms with E-state index in [-0.39, 0.29) is 37.5 Å². The molecule has 0 N–H and O–H groups in total. The Morgan fingerprint density at radius 1 is 0.333 bits per heavy atom. The predicted molar refractivity (Wildman–Crippen MR) is 270 cm³/mol. The second-order valence-electron chi connectivity index (χ2n) is 16.7. The van der Waals surface area contributed by atoms with Crippen molar-refractivity contribution in [2.45, 2.75) is 232 Å². The molecule has 358 valence electrons. The van der Waals surface area contributed by atoms with Crippen molar-refractivity contribution in [2.75, 3.05) is 13.2 Å². The number of allylic oxidation sites excluding steroid dienone is 16. The molecule has 1 unspecified atom stereocenters. The summed E-state index contributed by atoms with van der Waals surface area (Å²) in [6.45, 7) is 6.34. The molecule has 0 aromatic heterocycles. The van der Waals surface area contributed by atoms with E-state index in [0.29, 0.717) is 19.3 Å². The smallest absolute Gasteiger partial charge is 0.306 e. The lowest BCUT2D eigenvalue weighted by Crippen LogP contribution is -2.30. The summed E-state index contributed by atoms with van der Waals surface area (Å²) in [5.41, 5.74) is 0. The van der Waals surface area contributed by atoms with Crippen LogP contribution in [0.4, 0.5) is 0 Å². The van der Waals surface area contributed by atoms with Crippen molar-refractivity contribution in [2.24, 2.45) is 0 Å². The molecular formula is C57H94O6. The fraction of sp³-hybridized carbons (Fsp3) is 0.667. The second kappa shape index (κ2) is 51.0. The van der Waals surface area contributed by atoms with E-state index in [1.807, 2.05) is 6.08 Å². The summed E-state index contributed by atoms with van der Waals surface area (Å²) in [5.74, 6) is -1.00. The van der Waals surface area contributed by atoms with Gasteiger partial charge in [0.2, 0.25) is 0 Å². The van der Waals surface area contributed by atoms with E-state index in [2.05, 4.69) is 112 Å². The third-order valence-electron chi connectivity index (χ3n) is 10.6. The highest BCUT2D eigenvalue weighted by atomic mass is 16.6. The number of hydrogen-bond donors (Lipinski definition) is 0. The maximum Gasteiger partial charge on any atom is 0.306 e. The van der Waals surface area contributed by atoms with Crippen LogP contribution in [0.25, 0.3) is 0 Å². The van der Waals surface area contributed by atoms with Gasteiger partial charge in [0, 0.05) is 19.3 Å². The van der Waals surface area contributed by atoms with Gasteiger partial charge in [-0.2, -0.15) is 0 Å². The number of rotatable bonds is 45. The fourth-order valence-corrected chi connectivity index (χ4v) is 6.80. The quantitative estimate of drug-likeness (QED) is 0.0262. The third-order valence-corrected chi connectivity index (χ3v) is 10.6. The summed E-state index contributed by atoms with van der Waals surface area (Å²) in [6, 6.07) is 0.